The Balaban J connectivity index is 3.24. The van der Waals surface area contributed by atoms with Crippen molar-refractivity contribution >= 4 is 27.5 Å². The highest BCUT2D eigenvalue weighted by Crippen LogP contribution is 2.23. The van der Waals surface area contributed by atoms with Gasteiger partial charge in [0.05, 0.1) is 23.1 Å². The van der Waals surface area contributed by atoms with E-state index in [0.717, 1.165) is 0 Å². The van der Waals surface area contributed by atoms with E-state index in [9.17, 15) is 32.5 Å². The number of hydrogen-bond donors (Lipinski definition) is 0. The second-order valence-corrected chi connectivity index (χ2v) is 4.67. The Morgan fingerprint density at radius 1 is 1.38 bits per heavy atom. The molecular weight excluding hydrogens is 364 g/mol. The molecule has 10 heteroatoms. The zero-order chi connectivity index (χ0) is 16.2. The number of amides is 1. The van der Waals surface area contributed by atoms with E-state index >= 15 is 0 Å². The number of rotatable bonds is 6. The summed E-state index contributed by atoms with van der Waals surface area (Å²) < 4.78 is 51.9. The topological polar surface area (TPSA) is 63.4 Å². The number of benzene rings is 1. The minimum atomic E-state index is -2.88. The average molecular weight is 373 g/mol. The lowest BCUT2D eigenvalue weighted by molar-refractivity contribution is -0.387. The van der Waals surface area contributed by atoms with Crippen LogP contribution in [0.15, 0.2) is 12.1 Å². The van der Waals surface area contributed by atoms with Gasteiger partial charge in [-0.2, -0.15) is 4.39 Å². The Hall–Kier alpha value is -1.71. The third-order valence-electron chi connectivity index (χ3n) is 2.45. The standard InChI is InChI=1S/C11H9BrF4N2O3/c12-1-2-17(5-9(14)15)11(19)7-3-6(13)4-8(10(7)16)18(20)21/h3-4,9H,1-2,5H2. The molecule has 5 nitrogen and oxygen atoms in total. The summed E-state index contributed by atoms with van der Waals surface area (Å²) in [6.07, 6.45) is -2.88. The minimum Gasteiger partial charge on any atom is -0.332 e. The maximum atomic E-state index is 13.8. The second kappa shape index (κ2) is 7.34. The van der Waals surface area contributed by atoms with Gasteiger partial charge in [0.25, 0.3) is 12.3 Å². The molecule has 0 bridgehead atoms. The number of halogens is 5. The summed E-state index contributed by atoms with van der Waals surface area (Å²) in [6, 6.07) is 0.755. The van der Waals surface area contributed by atoms with Crippen molar-refractivity contribution in [2.24, 2.45) is 0 Å². The molecule has 0 saturated heterocycles. The van der Waals surface area contributed by atoms with Crippen LogP contribution in [0.1, 0.15) is 10.4 Å². The van der Waals surface area contributed by atoms with Crippen LogP contribution in [-0.2, 0) is 0 Å². The Morgan fingerprint density at radius 3 is 2.48 bits per heavy atom. The van der Waals surface area contributed by atoms with Gasteiger partial charge in [0.15, 0.2) is 0 Å². The fourth-order valence-electron chi connectivity index (χ4n) is 1.58. The van der Waals surface area contributed by atoms with Crippen molar-refractivity contribution in [2.45, 2.75) is 6.43 Å². The fraction of sp³-hybridized carbons (Fsp3) is 0.364. The zero-order valence-electron chi connectivity index (χ0n) is 10.4. The molecule has 0 spiro atoms. The van der Waals surface area contributed by atoms with E-state index in [1.54, 1.807) is 0 Å². The number of hydrogen-bond acceptors (Lipinski definition) is 3. The monoisotopic (exact) mass is 372 g/mol. The molecule has 1 rings (SSSR count). The Labute approximate surface area is 124 Å². The van der Waals surface area contributed by atoms with E-state index in [1.165, 1.54) is 0 Å². The van der Waals surface area contributed by atoms with E-state index in [0.29, 0.717) is 17.0 Å². The molecular formula is C11H9BrF4N2O3. The molecule has 116 valence electrons. The number of nitro groups is 1. The first-order chi connectivity index (χ1) is 9.77. The number of nitrogens with zero attached hydrogens (tertiary/aromatic N) is 2. The Kier molecular flexibility index (Phi) is 6.06. The van der Waals surface area contributed by atoms with Crippen molar-refractivity contribution in [3.05, 3.63) is 39.4 Å². The van der Waals surface area contributed by atoms with Crippen LogP contribution in [0.5, 0.6) is 0 Å². The van der Waals surface area contributed by atoms with Gasteiger partial charge in [-0.3, -0.25) is 14.9 Å². The van der Waals surface area contributed by atoms with Gasteiger partial charge < -0.3 is 4.90 Å². The van der Waals surface area contributed by atoms with Crippen LogP contribution in [0.25, 0.3) is 0 Å². The second-order valence-electron chi connectivity index (χ2n) is 3.87. The summed E-state index contributed by atoms with van der Waals surface area (Å²) in [5.74, 6) is -4.00. The normalized spacial score (nSPS) is 10.8. The summed E-state index contributed by atoms with van der Waals surface area (Å²) in [5, 5.41) is 10.7. The minimum absolute atomic E-state index is 0.129. The third-order valence-corrected chi connectivity index (χ3v) is 2.80. The van der Waals surface area contributed by atoms with Crippen molar-refractivity contribution in [1.29, 1.82) is 0 Å². The van der Waals surface area contributed by atoms with Crippen molar-refractivity contribution in [3.63, 3.8) is 0 Å². The van der Waals surface area contributed by atoms with Crippen LogP contribution in [0, 0.1) is 21.7 Å². The first-order valence-corrected chi connectivity index (χ1v) is 6.67. The predicted molar refractivity (Wildman–Crippen MR) is 68.7 cm³/mol. The average Bonchev–Trinajstić information content (AvgIpc) is 2.39. The molecule has 0 atom stereocenters. The molecule has 1 aromatic carbocycles. The first kappa shape index (κ1) is 17.3. The predicted octanol–water partition coefficient (Wildman–Crippen LogP) is 2.98. The van der Waals surface area contributed by atoms with Gasteiger partial charge in [0.1, 0.15) is 5.82 Å². The quantitative estimate of drug-likeness (QED) is 0.333. The van der Waals surface area contributed by atoms with E-state index in [1.807, 2.05) is 0 Å². The van der Waals surface area contributed by atoms with Crippen LogP contribution in [0.4, 0.5) is 23.2 Å². The summed E-state index contributed by atoms with van der Waals surface area (Å²) >= 11 is 2.94. The summed E-state index contributed by atoms with van der Waals surface area (Å²) in [4.78, 5) is 21.9. The van der Waals surface area contributed by atoms with E-state index in [2.05, 4.69) is 15.9 Å². The Bertz CT molecular complexity index is 557. The van der Waals surface area contributed by atoms with E-state index < -0.39 is 46.7 Å². The van der Waals surface area contributed by atoms with E-state index in [-0.39, 0.29) is 11.9 Å². The van der Waals surface area contributed by atoms with Crippen molar-refractivity contribution in [2.75, 3.05) is 18.4 Å². The summed E-state index contributed by atoms with van der Waals surface area (Å²) in [5.41, 5.74) is -2.18. The van der Waals surface area contributed by atoms with Crippen LogP contribution >= 0.6 is 15.9 Å². The number of alkyl halides is 3. The maximum Gasteiger partial charge on any atom is 0.308 e. The highest BCUT2D eigenvalue weighted by Gasteiger charge is 2.28. The molecule has 0 fully saturated rings. The fourth-order valence-corrected chi connectivity index (χ4v) is 2.01. The van der Waals surface area contributed by atoms with Crippen LogP contribution in [0.3, 0.4) is 0 Å². The molecule has 0 radical (unpaired) electrons. The lowest BCUT2D eigenvalue weighted by Crippen LogP contribution is -2.37. The Morgan fingerprint density at radius 2 is 2.00 bits per heavy atom. The van der Waals surface area contributed by atoms with Crippen LogP contribution in [0.2, 0.25) is 0 Å². The van der Waals surface area contributed by atoms with Gasteiger partial charge >= 0.3 is 5.69 Å². The van der Waals surface area contributed by atoms with Gasteiger partial charge in [0.2, 0.25) is 5.82 Å². The van der Waals surface area contributed by atoms with Crippen molar-refractivity contribution < 1.29 is 27.3 Å². The largest absolute Gasteiger partial charge is 0.332 e. The third kappa shape index (κ3) is 4.38. The highest BCUT2D eigenvalue weighted by molar-refractivity contribution is 9.09. The zero-order valence-corrected chi connectivity index (χ0v) is 11.9. The molecule has 0 unspecified atom stereocenters. The van der Waals surface area contributed by atoms with Gasteiger partial charge in [0, 0.05) is 11.9 Å². The van der Waals surface area contributed by atoms with Gasteiger partial charge in [-0.05, 0) is 6.07 Å². The molecule has 0 N–H and O–H groups in total. The molecule has 1 aromatic rings. The SMILES string of the molecule is O=C(c1cc(F)cc([N+](=O)[O-])c1F)N(CCBr)CC(F)F. The molecule has 0 aliphatic carbocycles. The number of nitro benzene ring substituents is 1. The van der Waals surface area contributed by atoms with Crippen LogP contribution < -0.4 is 0 Å². The molecule has 0 aliphatic heterocycles. The molecule has 21 heavy (non-hydrogen) atoms. The summed E-state index contributed by atoms with van der Waals surface area (Å²) in [6.45, 7) is -1.18. The van der Waals surface area contributed by atoms with Gasteiger partial charge in [-0.25, -0.2) is 13.2 Å². The molecule has 0 aromatic heterocycles. The van der Waals surface area contributed by atoms with E-state index in [4.69, 9.17) is 0 Å². The maximum absolute atomic E-state index is 13.8. The molecule has 0 heterocycles. The van der Waals surface area contributed by atoms with Gasteiger partial charge in [-0.15, -0.1) is 0 Å². The van der Waals surface area contributed by atoms with Gasteiger partial charge in [-0.1, -0.05) is 15.9 Å². The van der Waals surface area contributed by atoms with Crippen LogP contribution in [-0.4, -0.2) is 40.6 Å². The smallest absolute Gasteiger partial charge is 0.308 e. The number of carbonyl (C=O) groups excluding carboxylic acids is 1. The molecule has 0 saturated carbocycles. The molecule has 0 aliphatic rings. The summed E-state index contributed by atoms with van der Waals surface area (Å²) in [7, 11) is 0. The lowest BCUT2D eigenvalue weighted by atomic mass is 10.1. The number of carbonyl (C=O) groups is 1. The van der Waals surface area contributed by atoms with Crippen molar-refractivity contribution in [1.82, 2.24) is 4.90 Å². The lowest BCUT2D eigenvalue weighted by Gasteiger charge is -2.21. The highest BCUT2D eigenvalue weighted by atomic mass is 79.9. The van der Waals surface area contributed by atoms with Crippen molar-refractivity contribution in [3.8, 4) is 0 Å². The molecule has 1 amide bonds. The first-order valence-electron chi connectivity index (χ1n) is 5.54.